The first-order chi connectivity index (χ1) is 9.48. The number of anilines is 1. The number of nitrogen functional groups attached to an aromatic ring is 1. The summed E-state index contributed by atoms with van der Waals surface area (Å²) in [7, 11) is 0. The third-order valence-corrected chi connectivity index (χ3v) is 5.49. The fourth-order valence-corrected chi connectivity index (χ4v) is 3.86. The van der Waals surface area contributed by atoms with E-state index >= 15 is 0 Å². The molecular formula is C16H20N2OS. The maximum atomic E-state index is 12.3. The molecule has 0 atom stereocenters. The summed E-state index contributed by atoms with van der Waals surface area (Å²) in [6.07, 6.45) is 3.68. The fourth-order valence-electron chi connectivity index (χ4n) is 2.72. The standard InChI is InChI=1S/C16H20N2OS/c1-10-4-5-11-12(8-10)20-14(13(11)17)15(19)18-9-16(2)6-3-7-16/h4-5,8H,3,6-7,9,17H2,1-2H3,(H,18,19). The molecule has 0 aliphatic heterocycles. The van der Waals surface area contributed by atoms with Crippen LogP contribution < -0.4 is 11.1 Å². The van der Waals surface area contributed by atoms with Gasteiger partial charge >= 0.3 is 0 Å². The normalized spacial score (nSPS) is 16.9. The molecule has 0 bridgehead atoms. The van der Waals surface area contributed by atoms with Crippen LogP contribution in [0.2, 0.25) is 0 Å². The van der Waals surface area contributed by atoms with Crippen LogP contribution >= 0.6 is 11.3 Å². The highest BCUT2D eigenvalue weighted by Gasteiger charge is 2.32. The highest BCUT2D eigenvalue weighted by molar-refractivity contribution is 7.21. The van der Waals surface area contributed by atoms with E-state index in [2.05, 4.69) is 18.3 Å². The number of thiophene rings is 1. The molecule has 20 heavy (non-hydrogen) atoms. The molecule has 0 spiro atoms. The number of benzene rings is 1. The Hall–Kier alpha value is -1.55. The van der Waals surface area contributed by atoms with Gasteiger partial charge in [-0.2, -0.15) is 0 Å². The monoisotopic (exact) mass is 288 g/mol. The lowest BCUT2D eigenvalue weighted by atomic mass is 9.70. The molecule has 1 heterocycles. The average molecular weight is 288 g/mol. The van der Waals surface area contributed by atoms with Crippen LogP contribution in [0.25, 0.3) is 10.1 Å². The summed E-state index contributed by atoms with van der Waals surface area (Å²) in [4.78, 5) is 13.0. The van der Waals surface area contributed by atoms with Gasteiger partial charge in [-0.25, -0.2) is 0 Å². The zero-order valence-electron chi connectivity index (χ0n) is 12.0. The van der Waals surface area contributed by atoms with E-state index in [-0.39, 0.29) is 11.3 Å². The summed E-state index contributed by atoms with van der Waals surface area (Å²) in [6, 6.07) is 6.11. The van der Waals surface area contributed by atoms with Gasteiger partial charge in [-0.1, -0.05) is 25.5 Å². The Morgan fingerprint density at radius 3 is 2.85 bits per heavy atom. The summed E-state index contributed by atoms with van der Waals surface area (Å²) < 4.78 is 1.09. The first kappa shape index (κ1) is 13.4. The van der Waals surface area contributed by atoms with Crippen LogP contribution in [0.15, 0.2) is 18.2 Å². The summed E-state index contributed by atoms with van der Waals surface area (Å²) in [5.41, 5.74) is 8.21. The molecule has 1 aliphatic carbocycles. The van der Waals surface area contributed by atoms with Gasteiger partial charge in [0.1, 0.15) is 4.88 Å². The Labute approximate surface area is 123 Å². The van der Waals surface area contributed by atoms with Gasteiger partial charge in [0.05, 0.1) is 5.69 Å². The summed E-state index contributed by atoms with van der Waals surface area (Å²) in [6.45, 7) is 5.03. The van der Waals surface area contributed by atoms with Crippen molar-refractivity contribution in [3.05, 3.63) is 28.6 Å². The van der Waals surface area contributed by atoms with Crippen LogP contribution in [-0.4, -0.2) is 12.5 Å². The Kier molecular flexibility index (Phi) is 3.21. The van der Waals surface area contributed by atoms with Crippen molar-refractivity contribution in [1.82, 2.24) is 5.32 Å². The van der Waals surface area contributed by atoms with Gasteiger partial charge in [0, 0.05) is 16.6 Å². The molecule has 1 aromatic carbocycles. The summed E-state index contributed by atoms with van der Waals surface area (Å²) in [5.74, 6) is -0.0329. The first-order valence-corrected chi connectivity index (χ1v) is 7.87. The van der Waals surface area contributed by atoms with Crippen LogP contribution in [-0.2, 0) is 0 Å². The maximum absolute atomic E-state index is 12.3. The Morgan fingerprint density at radius 2 is 2.20 bits per heavy atom. The molecule has 3 nitrogen and oxygen atoms in total. The van der Waals surface area contributed by atoms with Gasteiger partial charge in [-0.3, -0.25) is 4.79 Å². The van der Waals surface area contributed by atoms with Gasteiger partial charge < -0.3 is 11.1 Å². The van der Waals surface area contributed by atoms with Gasteiger partial charge in [-0.15, -0.1) is 11.3 Å². The number of carbonyl (C=O) groups is 1. The van der Waals surface area contributed by atoms with Crippen molar-refractivity contribution in [2.24, 2.45) is 5.41 Å². The average Bonchev–Trinajstić information content (AvgIpc) is 2.70. The van der Waals surface area contributed by atoms with E-state index in [1.54, 1.807) is 0 Å². The third-order valence-electron chi connectivity index (χ3n) is 4.33. The third kappa shape index (κ3) is 2.29. The van der Waals surface area contributed by atoms with E-state index in [1.807, 2.05) is 19.1 Å². The molecule has 106 valence electrons. The van der Waals surface area contributed by atoms with Crippen molar-refractivity contribution in [2.75, 3.05) is 12.3 Å². The second-order valence-corrected chi connectivity index (χ2v) is 7.24. The van der Waals surface area contributed by atoms with Crippen molar-refractivity contribution in [2.45, 2.75) is 33.1 Å². The smallest absolute Gasteiger partial charge is 0.263 e. The molecule has 0 unspecified atom stereocenters. The van der Waals surface area contributed by atoms with Crippen LogP contribution in [0.3, 0.4) is 0 Å². The van der Waals surface area contributed by atoms with Crippen LogP contribution in [0.5, 0.6) is 0 Å². The zero-order valence-corrected chi connectivity index (χ0v) is 12.8. The molecule has 2 aromatic rings. The van der Waals surface area contributed by atoms with E-state index in [0.29, 0.717) is 10.6 Å². The second-order valence-electron chi connectivity index (χ2n) is 6.19. The Balaban J connectivity index is 1.82. The van der Waals surface area contributed by atoms with Crippen molar-refractivity contribution >= 4 is 33.0 Å². The lowest BCUT2D eigenvalue weighted by molar-refractivity contribution is 0.0895. The summed E-state index contributed by atoms with van der Waals surface area (Å²) >= 11 is 1.49. The van der Waals surface area contributed by atoms with Crippen molar-refractivity contribution in [3.63, 3.8) is 0 Å². The minimum atomic E-state index is -0.0329. The molecular weight excluding hydrogens is 268 g/mol. The fraction of sp³-hybridized carbons (Fsp3) is 0.438. The summed E-state index contributed by atoms with van der Waals surface area (Å²) in [5, 5.41) is 4.04. The lowest BCUT2D eigenvalue weighted by Crippen LogP contribution is -2.39. The molecule has 4 heteroatoms. The predicted octanol–water partition coefficient (Wildman–Crippen LogP) is 3.71. The maximum Gasteiger partial charge on any atom is 0.263 e. The van der Waals surface area contributed by atoms with Crippen LogP contribution in [0.1, 0.15) is 41.4 Å². The van der Waals surface area contributed by atoms with Crippen molar-refractivity contribution in [3.8, 4) is 0 Å². The highest BCUT2D eigenvalue weighted by atomic mass is 32.1. The second kappa shape index (κ2) is 4.77. The number of fused-ring (bicyclic) bond motifs is 1. The minimum absolute atomic E-state index is 0.0329. The van der Waals surface area contributed by atoms with Gasteiger partial charge in [0.25, 0.3) is 5.91 Å². The van der Waals surface area contributed by atoms with E-state index < -0.39 is 0 Å². The van der Waals surface area contributed by atoms with Gasteiger partial charge in [-0.05, 0) is 36.8 Å². The number of carbonyl (C=O) groups excluding carboxylic acids is 1. The number of rotatable bonds is 3. The minimum Gasteiger partial charge on any atom is -0.397 e. The van der Waals surface area contributed by atoms with Gasteiger partial charge in [0.2, 0.25) is 0 Å². The van der Waals surface area contributed by atoms with E-state index in [9.17, 15) is 4.79 Å². The molecule has 1 fully saturated rings. The predicted molar refractivity (Wildman–Crippen MR) is 85.3 cm³/mol. The lowest BCUT2D eigenvalue weighted by Gasteiger charge is -2.38. The molecule has 0 saturated heterocycles. The largest absolute Gasteiger partial charge is 0.397 e. The Bertz CT molecular complexity index is 670. The molecule has 3 N–H and O–H groups in total. The number of amides is 1. The van der Waals surface area contributed by atoms with E-state index in [0.717, 1.165) is 16.6 Å². The number of nitrogens with one attached hydrogen (secondary N) is 1. The molecule has 1 saturated carbocycles. The number of hydrogen-bond acceptors (Lipinski definition) is 3. The number of hydrogen-bond donors (Lipinski definition) is 2. The van der Waals surface area contributed by atoms with Crippen molar-refractivity contribution in [1.29, 1.82) is 0 Å². The SMILES string of the molecule is Cc1ccc2c(N)c(C(=O)NCC3(C)CCC3)sc2c1. The van der Waals surface area contributed by atoms with Crippen molar-refractivity contribution < 1.29 is 4.79 Å². The highest BCUT2D eigenvalue weighted by Crippen LogP contribution is 2.40. The quantitative estimate of drug-likeness (QED) is 0.904. The number of nitrogens with two attached hydrogens (primary N) is 1. The van der Waals surface area contributed by atoms with Crippen LogP contribution in [0, 0.1) is 12.3 Å². The molecule has 0 radical (unpaired) electrons. The van der Waals surface area contributed by atoms with E-state index in [4.69, 9.17) is 5.73 Å². The molecule has 1 amide bonds. The zero-order chi connectivity index (χ0) is 14.3. The molecule has 3 rings (SSSR count). The molecule has 1 aliphatic rings. The topological polar surface area (TPSA) is 55.1 Å². The van der Waals surface area contributed by atoms with E-state index in [1.165, 1.54) is 36.2 Å². The van der Waals surface area contributed by atoms with Gasteiger partial charge in [0.15, 0.2) is 0 Å². The number of aryl methyl sites for hydroxylation is 1. The van der Waals surface area contributed by atoms with Crippen LogP contribution in [0.4, 0.5) is 5.69 Å². The first-order valence-electron chi connectivity index (χ1n) is 7.05. The molecule has 1 aromatic heterocycles. The Morgan fingerprint density at radius 1 is 1.45 bits per heavy atom.